The fourth-order valence-corrected chi connectivity index (χ4v) is 2.35. The molecule has 7 nitrogen and oxygen atoms in total. The van der Waals surface area contributed by atoms with Gasteiger partial charge >= 0.3 is 5.97 Å². The smallest absolute Gasteiger partial charge is 0.346 e. The van der Waals surface area contributed by atoms with Gasteiger partial charge in [0, 0.05) is 12.3 Å². The van der Waals surface area contributed by atoms with E-state index in [0.29, 0.717) is 0 Å². The quantitative estimate of drug-likeness (QED) is 0.477. The van der Waals surface area contributed by atoms with Crippen molar-refractivity contribution in [3.63, 3.8) is 0 Å². The van der Waals surface area contributed by atoms with Crippen molar-refractivity contribution in [2.75, 3.05) is 12.9 Å². The number of sulfone groups is 1. The molecule has 0 aromatic heterocycles. The van der Waals surface area contributed by atoms with Crippen molar-refractivity contribution in [1.82, 2.24) is 0 Å². The van der Waals surface area contributed by atoms with Crippen molar-refractivity contribution in [3.05, 3.63) is 32.8 Å². The van der Waals surface area contributed by atoms with Crippen molar-refractivity contribution in [2.45, 2.75) is 11.8 Å². The molecule has 0 unspecified atom stereocenters. The first-order chi connectivity index (χ1) is 8.68. The fourth-order valence-electron chi connectivity index (χ4n) is 1.33. The van der Waals surface area contributed by atoms with Gasteiger partial charge in [-0.25, -0.2) is 13.2 Å². The van der Waals surface area contributed by atoms with E-state index in [9.17, 15) is 23.3 Å². The van der Waals surface area contributed by atoms with Crippen LogP contribution < -0.4 is 0 Å². The third-order valence-electron chi connectivity index (χ3n) is 2.15. The first-order valence-electron chi connectivity index (χ1n) is 5.03. The molecule has 1 rings (SSSR count). The minimum atomic E-state index is -3.68. The summed E-state index contributed by atoms with van der Waals surface area (Å²) in [6.07, 6.45) is 0.881. The predicted molar refractivity (Wildman–Crippen MR) is 67.2 cm³/mol. The van der Waals surface area contributed by atoms with E-state index < -0.39 is 32.0 Å². The van der Waals surface area contributed by atoms with E-state index >= 15 is 0 Å². The molecule has 0 bridgehead atoms. The summed E-state index contributed by atoms with van der Waals surface area (Å²) in [5, 5.41) is 10.6. The Bertz CT molecular complexity index is 640. The molecular formula is C10H10ClNO6S. The number of esters is 1. The molecule has 0 spiro atoms. The van der Waals surface area contributed by atoms with Gasteiger partial charge in [0.15, 0.2) is 15.4 Å². The average Bonchev–Trinajstić information content (AvgIpc) is 2.26. The second kappa shape index (κ2) is 5.54. The Balaban J connectivity index is 3.57. The molecule has 9 heteroatoms. The maximum atomic E-state index is 11.6. The molecular weight excluding hydrogens is 298 g/mol. The molecule has 0 N–H and O–H groups in total. The highest BCUT2D eigenvalue weighted by Gasteiger charge is 2.28. The van der Waals surface area contributed by atoms with Gasteiger partial charge in [-0.1, -0.05) is 11.6 Å². The van der Waals surface area contributed by atoms with Crippen LogP contribution in [0.5, 0.6) is 0 Å². The normalized spacial score (nSPS) is 11.1. The highest BCUT2D eigenvalue weighted by molar-refractivity contribution is 7.90. The molecule has 0 fully saturated rings. The summed E-state index contributed by atoms with van der Waals surface area (Å²) in [5.41, 5.74) is -1.16. The summed E-state index contributed by atoms with van der Waals surface area (Å²) in [6.45, 7) is 1.54. The van der Waals surface area contributed by atoms with E-state index in [2.05, 4.69) is 4.74 Å². The van der Waals surface area contributed by atoms with Crippen LogP contribution in [0.2, 0.25) is 5.02 Å². The molecule has 19 heavy (non-hydrogen) atoms. The van der Waals surface area contributed by atoms with Gasteiger partial charge in [0.2, 0.25) is 0 Å². The highest BCUT2D eigenvalue weighted by Crippen LogP contribution is 2.31. The maximum absolute atomic E-state index is 11.6. The summed E-state index contributed by atoms with van der Waals surface area (Å²) in [5.74, 6) is -0.973. The van der Waals surface area contributed by atoms with Gasteiger partial charge in [0.05, 0.1) is 21.4 Å². The predicted octanol–water partition coefficient (Wildman–Crippen LogP) is 1.83. The zero-order valence-electron chi connectivity index (χ0n) is 10.0. The van der Waals surface area contributed by atoms with Crippen LogP contribution in [0.15, 0.2) is 17.0 Å². The third kappa shape index (κ3) is 3.42. The number of carbonyl (C=O) groups excluding carboxylic acids is 1. The van der Waals surface area contributed by atoms with Crippen LogP contribution in [-0.2, 0) is 14.6 Å². The van der Waals surface area contributed by atoms with Crippen LogP contribution in [0.1, 0.15) is 17.3 Å². The molecule has 0 radical (unpaired) electrons. The molecule has 0 atom stereocenters. The lowest BCUT2D eigenvalue weighted by Gasteiger charge is -2.07. The first-order valence-corrected chi connectivity index (χ1v) is 7.30. The van der Waals surface area contributed by atoms with Crippen LogP contribution >= 0.6 is 11.6 Å². The van der Waals surface area contributed by atoms with Crippen LogP contribution in [-0.4, -0.2) is 32.2 Å². The Labute approximate surface area is 114 Å². The van der Waals surface area contributed by atoms with E-state index in [0.717, 1.165) is 18.4 Å². The molecule has 0 aliphatic heterocycles. The molecule has 0 saturated carbocycles. The second-order valence-corrected chi connectivity index (χ2v) is 5.97. The number of benzene rings is 1. The first kappa shape index (κ1) is 15.4. The summed E-state index contributed by atoms with van der Waals surface area (Å²) < 4.78 is 27.4. The fraction of sp³-hybridized carbons (Fsp3) is 0.300. The summed E-state index contributed by atoms with van der Waals surface area (Å²) in [7, 11) is -3.68. The Morgan fingerprint density at radius 3 is 2.47 bits per heavy atom. The van der Waals surface area contributed by atoms with Gasteiger partial charge in [0.1, 0.15) is 0 Å². The van der Waals surface area contributed by atoms with Crippen molar-refractivity contribution in [1.29, 1.82) is 0 Å². The van der Waals surface area contributed by atoms with Crippen molar-refractivity contribution in [2.24, 2.45) is 0 Å². The number of ether oxygens (including phenoxy) is 1. The van der Waals surface area contributed by atoms with E-state index in [-0.39, 0.29) is 16.5 Å². The lowest BCUT2D eigenvalue weighted by molar-refractivity contribution is -0.385. The molecule has 0 aliphatic rings. The van der Waals surface area contributed by atoms with Gasteiger partial charge in [-0.3, -0.25) is 10.1 Å². The Kier molecular flexibility index (Phi) is 4.48. The number of nitrogens with zero attached hydrogens (tertiary/aromatic N) is 1. The van der Waals surface area contributed by atoms with E-state index in [1.54, 1.807) is 0 Å². The van der Waals surface area contributed by atoms with Gasteiger partial charge in [-0.2, -0.15) is 0 Å². The van der Waals surface area contributed by atoms with Crippen molar-refractivity contribution < 1.29 is 22.9 Å². The van der Waals surface area contributed by atoms with Gasteiger partial charge in [-0.05, 0) is 13.0 Å². The van der Waals surface area contributed by atoms with Crippen LogP contribution in [0.3, 0.4) is 0 Å². The van der Waals surface area contributed by atoms with Crippen molar-refractivity contribution >= 4 is 33.1 Å². The SMILES string of the molecule is CCOC(=O)c1c(Cl)cc(S(C)(=O)=O)cc1[N+](=O)[O-]. The van der Waals surface area contributed by atoms with Crippen molar-refractivity contribution in [3.8, 4) is 0 Å². The standard InChI is InChI=1S/C10H10ClNO6S/c1-3-18-10(13)9-7(11)4-6(19(2,16)17)5-8(9)12(14)15/h4-5H,3H2,1-2H3. The number of carbonyl (C=O) groups is 1. The Morgan fingerprint density at radius 2 is 2.05 bits per heavy atom. The molecule has 1 aromatic carbocycles. The molecule has 1 aromatic rings. The van der Waals surface area contributed by atoms with E-state index in [4.69, 9.17) is 11.6 Å². The molecule has 104 valence electrons. The van der Waals surface area contributed by atoms with Crippen LogP contribution in [0.25, 0.3) is 0 Å². The zero-order chi connectivity index (χ0) is 14.8. The number of nitro benzene ring substituents is 1. The second-order valence-electron chi connectivity index (χ2n) is 3.55. The molecule has 0 aliphatic carbocycles. The van der Waals surface area contributed by atoms with Gasteiger partial charge < -0.3 is 4.74 Å². The monoisotopic (exact) mass is 307 g/mol. The largest absolute Gasteiger partial charge is 0.462 e. The van der Waals surface area contributed by atoms with Gasteiger partial charge in [-0.15, -0.1) is 0 Å². The number of hydrogen-bond donors (Lipinski definition) is 0. The summed E-state index contributed by atoms with van der Waals surface area (Å²) in [6, 6.07) is 1.77. The van der Waals surface area contributed by atoms with E-state index in [1.807, 2.05) is 0 Å². The van der Waals surface area contributed by atoms with Gasteiger partial charge in [0.25, 0.3) is 5.69 Å². The van der Waals surface area contributed by atoms with Crippen LogP contribution in [0, 0.1) is 10.1 Å². The lowest BCUT2D eigenvalue weighted by Crippen LogP contribution is -2.10. The number of nitro groups is 1. The number of hydrogen-bond acceptors (Lipinski definition) is 6. The number of halogens is 1. The number of rotatable bonds is 4. The van der Waals surface area contributed by atoms with E-state index in [1.165, 1.54) is 6.92 Å². The topological polar surface area (TPSA) is 104 Å². The third-order valence-corrected chi connectivity index (χ3v) is 3.54. The molecule has 0 heterocycles. The van der Waals surface area contributed by atoms with Crippen LogP contribution in [0.4, 0.5) is 5.69 Å². The molecule has 0 saturated heterocycles. The molecule has 0 amide bonds. The highest BCUT2D eigenvalue weighted by atomic mass is 35.5. The minimum Gasteiger partial charge on any atom is -0.462 e. The zero-order valence-corrected chi connectivity index (χ0v) is 11.6. The summed E-state index contributed by atoms with van der Waals surface area (Å²) >= 11 is 5.75. The summed E-state index contributed by atoms with van der Waals surface area (Å²) in [4.78, 5) is 21.3. The average molecular weight is 308 g/mol. The lowest BCUT2D eigenvalue weighted by atomic mass is 10.2. The Morgan fingerprint density at radius 1 is 1.47 bits per heavy atom. The maximum Gasteiger partial charge on any atom is 0.346 e. The minimum absolute atomic E-state index is 0.0140. The Hall–Kier alpha value is -1.67.